The molecule has 0 saturated heterocycles. The molecule has 0 aliphatic heterocycles. The standard InChI is InChI=1S/C12H25NO/c1-4-7-12(2,11-5-6-11)10-13-8-9-14-3/h11,13H,4-10H2,1-3H3. The van der Waals surface area contributed by atoms with E-state index in [0.717, 1.165) is 25.6 Å². The minimum Gasteiger partial charge on any atom is -0.383 e. The first-order chi connectivity index (χ1) is 6.73. The molecule has 0 aromatic heterocycles. The second-order valence-corrected chi connectivity index (χ2v) is 4.85. The molecule has 0 aromatic rings. The molecule has 0 spiro atoms. The van der Waals surface area contributed by atoms with Gasteiger partial charge in [-0.1, -0.05) is 20.3 Å². The van der Waals surface area contributed by atoms with Gasteiger partial charge < -0.3 is 10.1 Å². The van der Waals surface area contributed by atoms with Crippen LogP contribution in [0.25, 0.3) is 0 Å². The van der Waals surface area contributed by atoms with Gasteiger partial charge in [0.2, 0.25) is 0 Å². The Morgan fingerprint density at radius 2 is 2.14 bits per heavy atom. The van der Waals surface area contributed by atoms with E-state index in [0.29, 0.717) is 5.41 Å². The molecule has 1 fully saturated rings. The van der Waals surface area contributed by atoms with Crippen LogP contribution in [0.1, 0.15) is 39.5 Å². The number of hydrogen-bond acceptors (Lipinski definition) is 2. The molecule has 0 heterocycles. The average molecular weight is 199 g/mol. The molecular formula is C12H25NO. The fourth-order valence-electron chi connectivity index (χ4n) is 2.34. The van der Waals surface area contributed by atoms with E-state index >= 15 is 0 Å². The maximum atomic E-state index is 5.03. The summed E-state index contributed by atoms with van der Waals surface area (Å²) in [5, 5.41) is 3.51. The molecule has 2 heteroatoms. The molecule has 84 valence electrons. The zero-order chi connectivity index (χ0) is 10.4. The molecule has 1 unspecified atom stereocenters. The topological polar surface area (TPSA) is 21.3 Å². The Hall–Kier alpha value is -0.0800. The van der Waals surface area contributed by atoms with Crippen LogP contribution < -0.4 is 5.32 Å². The van der Waals surface area contributed by atoms with Crippen molar-refractivity contribution in [3.8, 4) is 0 Å². The van der Waals surface area contributed by atoms with Crippen LogP contribution in [0.2, 0.25) is 0 Å². The Morgan fingerprint density at radius 3 is 2.64 bits per heavy atom. The maximum Gasteiger partial charge on any atom is 0.0587 e. The smallest absolute Gasteiger partial charge is 0.0587 e. The van der Waals surface area contributed by atoms with Crippen LogP contribution in [0.3, 0.4) is 0 Å². The van der Waals surface area contributed by atoms with Crippen LogP contribution in [0, 0.1) is 11.3 Å². The Kier molecular flexibility index (Phi) is 4.90. The SMILES string of the molecule is CCCC(C)(CNCCOC)C1CC1. The second-order valence-electron chi connectivity index (χ2n) is 4.85. The highest BCUT2D eigenvalue weighted by molar-refractivity contribution is 4.92. The number of hydrogen-bond donors (Lipinski definition) is 1. The number of methoxy groups -OCH3 is 1. The first kappa shape index (κ1) is 12.0. The molecule has 0 radical (unpaired) electrons. The van der Waals surface area contributed by atoms with Crippen LogP contribution in [-0.2, 0) is 4.74 Å². The van der Waals surface area contributed by atoms with E-state index in [1.807, 2.05) is 0 Å². The molecule has 1 aliphatic rings. The molecule has 1 N–H and O–H groups in total. The number of rotatable bonds is 8. The van der Waals surface area contributed by atoms with Gasteiger partial charge in [-0.15, -0.1) is 0 Å². The number of nitrogens with one attached hydrogen (secondary N) is 1. The van der Waals surface area contributed by atoms with Crippen LogP contribution in [0.15, 0.2) is 0 Å². The minimum atomic E-state index is 0.544. The van der Waals surface area contributed by atoms with Gasteiger partial charge in [-0.2, -0.15) is 0 Å². The van der Waals surface area contributed by atoms with Crippen molar-refractivity contribution in [1.82, 2.24) is 5.32 Å². The summed E-state index contributed by atoms with van der Waals surface area (Å²) in [6.07, 6.45) is 5.56. The third kappa shape index (κ3) is 3.58. The summed E-state index contributed by atoms with van der Waals surface area (Å²) in [4.78, 5) is 0. The van der Waals surface area contributed by atoms with Gasteiger partial charge in [-0.25, -0.2) is 0 Å². The van der Waals surface area contributed by atoms with E-state index < -0.39 is 0 Å². The fraction of sp³-hybridized carbons (Fsp3) is 1.00. The van der Waals surface area contributed by atoms with Gasteiger partial charge in [0.25, 0.3) is 0 Å². The summed E-state index contributed by atoms with van der Waals surface area (Å²) < 4.78 is 5.03. The lowest BCUT2D eigenvalue weighted by Crippen LogP contribution is -2.35. The van der Waals surface area contributed by atoms with E-state index in [2.05, 4.69) is 19.2 Å². The third-order valence-electron chi connectivity index (χ3n) is 3.40. The van der Waals surface area contributed by atoms with Gasteiger partial charge in [-0.05, 0) is 30.6 Å². The van der Waals surface area contributed by atoms with Gasteiger partial charge in [0.05, 0.1) is 6.61 Å². The number of ether oxygens (including phenoxy) is 1. The van der Waals surface area contributed by atoms with E-state index in [9.17, 15) is 0 Å². The lowest BCUT2D eigenvalue weighted by Gasteiger charge is -2.29. The Labute approximate surface area is 88.4 Å². The lowest BCUT2D eigenvalue weighted by molar-refractivity contribution is 0.183. The molecule has 2 nitrogen and oxygen atoms in total. The van der Waals surface area contributed by atoms with Crippen molar-refractivity contribution in [2.75, 3.05) is 26.8 Å². The molecule has 0 bridgehead atoms. The van der Waals surface area contributed by atoms with Crippen molar-refractivity contribution in [1.29, 1.82) is 0 Å². The summed E-state index contributed by atoms with van der Waals surface area (Å²) in [5.74, 6) is 0.984. The summed E-state index contributed by atoms with van der Waals surface area (Å²) in [6.45, 7) is 7.70. The van der Waals surface area contributed by atoms with Gasteiger partial charge in [0, 0.05) is 20.2 Å². The van der Waals surface area contributed by atoms with E-state index in [1.54, 1.807) is 7.11 Å². The Balaban J connectivity index is 2.21. The van der Waals surface area contributed by atoms with Crippen molar-refractivity contribution < 1.29 is 4.74 Å². The van der Waals surface area contributed by atoms with Crippen molar-refractivity contribution in [2.45, 2.75) is 39.5 Å². The zero-order valence-electron chi connectivity index (χ0n) is 9.94. The van der Waals surface area contributed by atoms with Gasteiger partial charge in [-0.3, -0.25) is 0 Å². The van der Waals surface area contributed by atoms with Crippen LogP contribution in [-0.4, -0.2) is 26.8 Å². The molecule has 1 aliphatic carbocycles. The molecular weight excluding hydrogens is 174 g/mol. The highest BCUT2D eigenvalue weighted by Gasteiger charge is 2.40. The molecule has 1 saturated carbocycles. The molecule has 1 atom stereocenters. The fourth-order valence-corrected chi connectivity index (χ4v) is 2.34. The Morgan fingerprint density at radius 1 is 1.43 bits per heavy atom. The molecule has 0 aromatic carbocycles. The summed E-state index contributed by atoms with van der Waals surface area (Å²) in [6, 6.07) is 0. The molecule has 1 rings (SSSR count). The molecule has 14 heavy (non-hydrogen) atoms. The predicted molar refractivity (Wildman–Crippen MR) is 60.5 cm³/mol. The second kappa shape index (κ2) is 5.72. The first-order valence-corrected chi connectivity index (χ1v) is 5.92. The van der Waals surface area contributed by atoms with E-state index in [-0.39, 0.29) is 0 Å². The van der Waals surface area contributed by atoms with Crippen molar-refractivity contribution in [3.63, 3.8) is 0 Å². The summed E-state index contributed by atoms with van der Waals surface area (Å²) >= 11 is 0. The molecule has 0 amide bonds. The average Bonchev–Trinajstić information content (AvgIpc) is 2.96. The minimum absolute atomic E-state index is 0.544. The highest BCUT2D eigenvalue weighted by atomic mass is 16.5. The highest BCUT2D eigenvalue weighted by Crippen LogP contribution is 2.47. The zero-order valence-corrected chi connectivity index (χ0v) is 9.94. The maximum absolute atomic E-state index is 5.03. The van der Waals surface area contributed by atoms with E-state index in [4.69, 9.17) is 4.74 Å². The van der Waals surface area contributed by atoms with E-state index in [1.165, 1.54) is 25.7 Å². The first-order valence-electron chi connectivity index (χ1n) is 5.92. The summed E-state index contributed by atoms with van der Waals surface area (Å²) in [5.41, 5.74) is 0.544. The van der Waals surface area contributed by atoms with Crippen molar-refractivity contribution in [3.05, 3.63) is 0 Å². The quantitative estimate of drug-likeness (QED) is 0.606. The van der Waals surface area contributed by atoms with Crippen molar-refractivity contribution in [2.24, 2.45) is 11.3 Å². The third-order valence-corrected chi connectivity index (χ3v) is 3.40. The normalized spacial score (nSPS) is 20.8. The lowest BCUT2D eigenvalue weighted by atomic mass is 9.80. The van der Waals surface area contributed by atoms with Crippen LogP contribution in [0.4, 0.5) is 0 Å². The van der Waals surface area contributed by atoms with Gasteiger partial charge >= 0.3 is 0 Å². The van der Waals surface area contributed by atoms with Crippen LogP contribution in [0.5, 0.6) is 0 Å². The Bertz CT molecular complexity index is 156. The van der Waals surface area contributed by atoms with Crippen molar-refractivity contribution >= 4 is 0 Å². The van der Waals surface area contributed by atoms with Crippen LogP contribution >= 0.6 is 0 Å². The summed E-state index contributed by atoms with van der Waals surface area (Å²) in [7, 11) is 1.76. The largest absolute Gasteiger partial charge is 0.383 e. The van der Waals surface area contributed by atoms with Gasteiger partial charge in [0.1, 0.15) is 0 Å². The predicted octanol–water partition coefficient (Wildman–Crippen LogP) is 2.44. The monoisotopic (exact) mass is 199 g/mol. The van der Waals surface area contributed by atoms with Gasteiger partial charge in [0.15, 0.2) is 0 Å².